The minimum atomic E-state index is -0.366. The Hall–Kier alpha value is -1.89. The Bertz CT molecular complexity index is 649. The normalized spacial score (nSPS) is 11.9. The molecule has 0 aromatic heterocycles. The molecule has 1 N–H and O–H groups in total. The van der Waals surface area contributed by atoms with Crippen molar-refractivity contribution in [2.45, 2.75) is 19.5 Å². The lowest BCUT2D eigenvalue weighted by Crippen LogP contribution is -2.18. The molecule has 20 heavy (non-hydrogen) atoms. The average molecular weight is 289 g/mol. The molecule has 1 atom stereocenters. The SMILES string of the molecule is C[C@@H](NCc1ccc(C#N)cc1F)c1cccc(Cl)c1. The van der Waals surface area contributed by atoms with Crippen LogP contribution in [0.2, 0.25) is 5.02 Å². The third kappa shape index (κ3) is 3.57. The molecular formula is C16H14ClFN2. The maximum atomic E-state index is 13.7. The lowest BCUT2D eigenvalue weighted by atomic mass is 10.1. The molecule has 0 saturated heterocycles. The van der Waals surface area contributed by atoms with Gasteiger partial charge in [0.25, 0.3) is 0 Å². The van der Waals surface area contributed by atoms with Crippen molar-refractivity contribution in [2.75, 3.05) is 0 Å². The Labute approximate surface area is 122 Å². The van der Waals surface area contributed by atoms with Crippen LogP contribution in [0.1, 0.15) is 29.7 Å². The van der Waals surface area contributed by atoms with E-state index in [0.29, 0.717) is 22.7 Å². The highest BCUT2D eigenvalue weighted by molar-refractivity contribution is 6.30. The molecule has 2 aromatic rings. The van der Waals surface area contributed by atoms with Crippen molar-refractivity contribution in [3.05, 3.63) is 70.0 Å². The van der Waals surface area contributed by atoms with Crippen LogP contribution >= 0.6 is 11.6 Å². The van der Waals surface area contributed by atoms with Gasteiger partial charge in [-0.15, -0.1) is 0 Å². The molecule has 2 aromatic carbocycles. The van der Waals surface area contributed by atoms with Gasteiger partial charge in [-0.2, -0.15) is 5.26 Å². The van der Waals surface area contributed by atoms with Crippen molar-refractivity contribution in [1.29, 1.82) is 5.26 Å². The maximum absolute atomic E-state index is 13.7. The highest BCUT2D eigenvalue weighted by Crippen LogP contribution is 2.18. The fourth-order valence-corrected chi connectivity index (χ4v) is 2.12. The third-order valence-electron chi connectivity index (χ3n) is 3.13. The molecule has 0 radical (unpaired) electrons. The van der Waals surface area contributed by atoms with Crippen LogP contribution in [0, 0.1) is 17.1 Å². The molecular weight excluding hydrogens is 275 g/mol. The molecule has 0 aliphatic carbocycles. The van der Waals surface area contributed by atoms with Crippen LogP contribution in [-0.4, -0.2) is 0 Å². The first-order valence-electron chi connectivity index (χ1n) is 6.27. The molecule has 0 unspecified atom stereocenters. The predicted molar refractivity (Wildman–Crippen MR) is 77.8 cm³/mol. The smallest absolute Gasteiger partial charge is 0.129 e. The number of hydrogen-bond donors (Lipinski definition) is 1. The largest absolute Gasteiger partial charge is 0.306 e. The standard InChI is InChI=1S/C16H14ClFN2/c1-11(13-3-2-4-15(17)8-13)20-10-14-6-5-12(9-19)7-16(14)18/h2-8,11,20H,10H2,1H3/t11-/m1/s1. The quantitative estimate of drug-likeness (QED) is 0.915. The monoisotopic (exact) mass is 288 g/mol. The molecule has 0 heterocycles. The second kappa shape index (κ2) is 6.51. The van der Waals surface area contributed by atoms with Crippen LogP contribution < -0.4 is 5.32 Å². The van der Waals surface area contributed by atoms with Crippen LogP contribution in [0.15, 0.2) is 42.5 Å². The van der Waals surface area contributed by atoms with E-state index >= 15 is 0 Å². The average Bonchev–Trinajstić information content (AvgIpc) is 2.45. The highest BCUT2D eigenvalue weighted by Gasteiger charge is 2.08. The van der Waals surface area contributed by atoms with E-state index < -0.39 is 0 Å². The topological polar surface area (TPSA) is 35.8 Å². The van der Waals surface area contributed by atoms with Gasteiger partial charge in [-0.3, -0.25) is 0 Å². The molecule has 0 spiro atoms. The van der Waals surface area contributed by atoms with E-state index in [-0.39, 0.29) is 11.9 Å². The molecule has 0 aliphatic rings. The van der Waals surface area contributed by atoms with Gasteiger partial charge < -0.3 is 5.32 Å². The van der Waals surface area contributed by atoms with Gasteiger partial charge in [0.15, 0.2) is 0 Å². The summed E-state index contributed by atoms with van der Waals surface area (Å²) in [5.41, 5.74) is 1.92. The summed E-state index contributed by atoms with van der Waals surface area (Å²) >= 11 is 5.95. The van der Waals surface area contributed by atoms with Gasteiger partial charge in [-0.25, -0.2) is 4.39 Å². The summed E-state index contributed by atoms with van der Waals surface area (Å²) in [7, 11) is 0. The summed E-state index contributed by atoms with van der Waals surface area (Å²) in [4.78, 5) is 0. The van der Waals surface area contributed by atoms with Crippen molar-refractivity contribution < 1.29 is 4.39 Å². The van der Waals surface area contributed by atoms with Crippen LogP contribution in [0.5, 0.6) is 0 Å². The molecule has 0 amide bonds. The molecule has 0 fully saturated rings. The highest BCUT2D eigenvalue weighted by atomic mass is 35.5. The van der Waals surface area contributed by atoms with Gasteiger partial charge in [0.2, 0.25) is 0 Å². The van der Waals surface area contributed by atoms with Crippen molar-refractivity contribution in [3.8, 4) is 6.07 Å². The van der Waals surface area contributed by atoms with Crippen molar-refractivity contribution in [3.63, 3.8) is 0 Å². The first-order chi connectivity index (χ1) is 9.60. The van der Waals surface area contributed by atoms with E-state index in [0.717, 1.165) is 5.56 Å². The fourth-order valence-electron chi connectivity index (χ4n) is 1.92. The number of nitriles is 1. The number of hydrogen-bond acceptors (Lipinski definition) is 2. The Kier molecular flexibility index (Phi) is 4.73. The van der Waals surface area contributed by atoms with Crippen LogP contribution in [0.3, 0.4) is 0 Å². The molecule has 0 aliphatic heterocycles. The van der Waals surface area contributed by atoms with Crippen molar-refractivity contribution in [1.82, 2.24) is 5.32 Å². The minimum Gasteiger partial charge on any atom is -0.306 e. The van der Waals surface area contributed by atoms with E-state index in [9.17, 15) is 4.39 Å². The van der Waals surface area contributed by atoms with Crippen LogP contribution in [-0.2, 0) is 6.54 Å². The number of halogens is 2. The Morgan fingerprint density at radius 3 is 2.75 bits per heavy atom. The van der Waals surface area contributed by atoms with Crippen LogP contribution in [0.4, 0.5) is 4.39 Å². The summed E-state index contributed by atoms with van der Waals surface area (Å²) in [6.45, 7) is 2.39. The molecule has 4 heteroatoms. The first kappa shape index (κ1) is 14.5. The van der Waals surface area contributed by atoms with Gasteiger partial charge in [0.1, 0.15) is 5.82 Å². The maximum Gasteiger partial charge on any atom is 0.129 e. The molecule has 0 saturated carbocycles. The van der Waals surface area contributed by atoms with Gasteiger partial charge in [-0.1, -0.05) is 29.8 Å². The molecule has 2 rings (SSSR count). The Morgan fingerprint density at radius 2 is 2.10 bits per heavy atom. The Balaban J connectivity index is 2.04. The summed E-state index contributed by atoms with van der Waals surface area (Å²) < 4.78 is 13.7. The second-order valence-corrected chi connectivity index (χ2v) is 5.01. The van der Waals surface area contributed by atoms with Crippen LogP contribution in [0.25, 0.3) is 0 Å². The second-order valence-electron chi connectivity index (χ2n) is 4.58. The minimum absolute atomic E-state index is 0.0590. The van der Waals surface area contributed by atoms with E-state index in [4.69, 9.17) is 16.9 Å². The summed E-state index contributed by atoms with van der Waals surface area (Å²) in [6.07, 6.45) is 0. The molecule has 0 bridgehead atoms. The molecule has 102 valence electrons. The number of rotatable bonds is 4. The zero-order valence-corrected chi connectivity index (χ0v) is 11.8. The number of benzene rings is 2. The number of nitrogens with zero attached hydrogens (tertiary/aromatic N) is 1. The van der Waals surface area contributed by atoms with Gasteiger partial charge in [0, 0.05) is 23.2 Å². The predicted octanol–water partition coefficient (Wildman–Crippen LogP) is 4.20. The zero-order chi connectivity index (χ0) is 14.5. The van der Waals surface area contributed by atoms with E-state index in [1.54, 1.807) is 12.1 Å². The zero-order valence-electron chi connectivity index (χ0n) is 11.0. The summed E-state index contributed by atoms with van der Waals surface area (Å²) in [5.74, 6) is -0.366. The fraction of sp³-hybridized carbons (Fsp3) is 0.188. The Morgan fingerprint density at radius 1 is 1.30 bits per heavy atom. The summed E-state index contributed by atoms with van der Waals surface area (Å²) in [5, 5.41) is 12.6. The van der Waals surface area contributed by atoms with Gasteiger partial charge >= 0.3 is 0 Å². The van der Waals surface area contributed by atoms with Gasteiger partial charge in [0.05, 0.1) is 11.6 Å². The third-order valence-corrected chi connectivity index (χ3v) is 3.36. The molecule has 2 nitrogen and oxygen atoms in total. The number of nitrogens with one attached hydrogen (secondary N) is 1. The van der Waals surface area contributed by atoms with Gasteiger partial charge in [-0.05, 0) is 36.8 Å². The van der Waals surface area contributed by atoms with Crippen molar-refractivity contribution >= 4 is 11.6 Å². The van der Waals surface area contributed by atoms with E-state index in [1.165, 1.54) is 6.07 Å². The first-order valence-corrected chi connectivity index (χ1v) is 6.65. The lowest BCUT2D eigenvalue weighted by molar-refractivity contribution is 0.544. The van der Waals surface area contributed by atoms with E-state index in [1.807, 2.05) is 37.3 Å². The summed E-state index contributed by atoms with van der Waals surface area (Å²) in [6, 6.07) is 14.0. The lowest BCUT2D eigenvalue weighted by Gasteiger charge is -2.15. The van der Waals surface area contributed by atoms with Crippen molar-refractivity contribution in [2.24, 2.45) is 0 Å². The van der Waals surface area contributed by atoms with E-state index in [2.05, 4.69) is 5.32 Å².